The Hall–Kier alpha value is -2.14. The first-order valence-corrected chi connectivity index (χ1v) is 8.74. The molecule has 24 heavy (non-hydrogen) atoms. The van der Waals surface area contributed by atoms with Crippen LogP contribution in [-0.4, -0.2) is 40.2 Å². The van der Waals surface area contributed by atoms with Gasteiger partial charge in [0.15, 0.2) is 0 Å². The van der Waals surface area contributed by atoms with E-state index in [1.807, 2.05) is 46.0 Å². The van der Waals surface area contributed by atoms with Crippen LogP contribution in [0.4, 0.5) is 0 Å². The summed E-state index contributed by atoms with van der Waals surface area (Å²) >= 11 is 0. The van der Waals surface area contributed by atoms with Gasteiger partial charge in [0.05, 0.1) is 11.4 Å². The van der Waals surface area contributed by atoms with Gasteiger partial charge in [-0.15, -0.1) is 0 Å². The molecule has 2 heterocycles. The summed E-state index contributed by atoms with van der Waals surface area (Å²) in [5.41, 5.74) is 8.57. The second-order valence-corrected chi connectivity index (χ2v) is 7.47. The number of benzene rings is 1. The van der Waals surface area contributed by atoms with Crippen molar-refractivity contribution in [3.05, 3.63) is 47.8 Å². The van der Waals surface area contributed by atoms with Gasteiger partial charge in [0, 0.05) is 19.0 Å². The molecule has 1 amide bonds. The monoisotopic (exact) mass is 324 g/mol. The van der Waals surface area contributed by atoms with Crippen molar-refractivity contribution >= 4 is 5.91 Å². The lowest BCUT2D eigenvalue weighted by molar-refractivity contribution is 0.0768. The summed E-state index contributed by atoms with van der Waals surface area (Å²) in [7, 11) is 0. The minimum absolute atomic E-state index is 0.0343. The largest absolute Gasteiger partial charge is 0.337 e. The Kier molecular flexibility index (Phi) is 3.68. The van der Waals surface area contributed by atoms with E-state index < -0.39 is 0 Å². The Labute approximate surface area is 142 Å². The molecular weight excluding hydrogens is 300 g/mol. The predicted octanol–water partition coefficient (Wildman–Crippen LogP) is 2.56. The number of carbonyl (C=O) groups excluding carboxylic acids is 1. The number of likely N-dealkylation sites (tertiary alicyclic amines) is 1. The van der Waals surface area contributed by atoms with Gasteiger partial charge < -0.3 is 10.6 Å². The van der Waals surface area contributed by atoms with Crippen LogP contribution in [-0.2, 0) is 0 Å². The van der Waals surface area contributed by atoms with Crippen LogP contribution in [0.25, 0.3) is 5.69 Å². The summed E-state index contributed by atoms with van der Waals surface area (Å²) in [5, 5.41) is 4.74. The number of rotatable bonds is 4. The summed E-state index contributed by atoms with van der Waals surface area (Å²) in [6.45, 7) is 4.26. The Balaban J connectivity index is 1.68. The zero-order chi connectivity index (χ0) is 16.7. The number of hydrogen-bond acceptors (Lipinski definition) is 3. The van der Waals surface area contributed by atoms with Gasteiger partial charge >= 0.3 is 0 Å². The number of aromatic nitrogens is 2. The van der Waals surface area contributed by atoms with Crippen LogP contribution in [0.3, 0.4) is 0 Å². The first-order chi connectivity index (χ1) is 11.6. The van der Waals surface area contributed by atoms with Gasteiger partial charge in [-0.2, -0.15) is 5.10 Å². The Morgan fingerprint density at radius 1 is 1.33 bits per heavy atom. The standard InChI is InChI=1S/C19H24N4O/c1-19(12-20)9-10-22(13-19)18(24)17-11-16(14-7-8-14)21-23(17)15-5-3-2-4-6-15/h2-6,11,14H,7-10,12-13,20H2,1H3. The third-order valence-electron chi connectivity index (χ3n) is 5.28. The maximum Gasteiger partial charge on any atom is 0.272 e. The molecular formula is C19H24N4O. The molecule has 2 N–H and O–H groups in total. The van der Waals surface area contributed by atoms with Crippen molar-refractivity contribution in [3.63, 3.8) is 0 Å². The minimum atomic E-state index is 0.0343. The van der Waals surface area contributed by atoms with Crippen molar-refractivity contribution in [1.82, 2.24) is 14.7 Å². The van der Waals surface area contributed by atoms with Gasteiger partial charge in [0.2, 0.25) is 0 Å². The summed E-state index contributed by atoms with van der Waals surface area (Å²) in [5.74, 6) is 0.588. The molecule has 2 aliphatic rings. The Bertz CT molecular complexity index is 750. The highest BCUT2D eigenvalue weighted by Crippen LogP contribution is 2.40. The lowest BCUT2D eigenvalue weighted by Gasteiger charge is -2.22. The predicted molar refractivity (Wildman–Crippen MR) is 93.2 cm³/mol. The van der Waals surface area contributed by atoms with E-state index in [4.69, 9.17) is 10.8 Å². The quantitative estimate of drug-likeness (QED) is 0.940. The van der Waals surface area contributed by atoms with Crippen molar-refractivity contribution in [3.8, 4) is 5.69 Å². The van der Waals surface area contributed by atoms with Gasteiger partial charge in [-0.3, -0.25) is 4.79 Å². The second kappa shape index (κ2) is 5.74. The number of amides is 1. The molecule has 1 aromatic carbocycles. The number of para-hydroxylation sites is 1. The normalized spacial score (nSPS) is 23.7. The molecule has 0 spiro atoms. The first-order valence-electron chi connectivity index (χ1n) is 8.74. The van der Waals surface area contributed by atoms with E-state index in [1.54, 1.807) is 0 Å². The van der Waals surface area contributed by atoms with Crippen molar-refractivity contribution in [2.75, 3.05) is 19.6 Å². The number of hydrogen-bond donors (Lipinski definition) is 1. The van der Waals surface area contributed by atoms with Crippen molar-refractivity contribution < 1.29 is 4.79 Å². The van der Waals surface area contributed by atoms with E-state index in [0.717, 1.165) is 30.9 Å². The number of nitrogens with two attached hydrogens (primary N) is 1. The SMILES string of the molecule is CC1(CN)CCN(C(=O)c2cc(C3CC3)nn2-c2ccccc2)C1. The Morgan fingerprint density at radius 2 is 2.08 bits per heavy atom. The number of nitrogens with zero attached hydrogens (tertiary/aromatic N) is 3. The molecule has 2 fully saturated rings. The topological polar surface area (TPSA) is 64.2 Å². The fraction of sp³-hybridized carbons (Fsp3) is 0.474. The highest BCUT2D eigenvalue weighted by Gasteiger charge is 2.37. The third kappa shape index (κ3) is 2.73. The van der Waals surface area contributed by atoms with Crippen LogP contribution in [0.15, 0.2) is 36.4 Å². The van der Waals surface area contributed by atoms with E-state index in [1.165, 1.54) is 12.8 Å². The van der Waals surface area contributed by atoms with Gasteiger partial charge in [-0.25, -0.2) is 4.68 Å². The second-order valence-electron chi connectivity index (χ2n) is 7.47. The average Bonchev–Trinajstić information content (AvgIpc) is 3.24. The van der Waals surface area contributed by atoms with Crippen molar-refractivity contribution in [2.24, 2.45) is 11.1 Å². The lowest BCUT2D eigenvalue weighted by Crippen LogP contribution is -2.35. The van der Waals surface area contributed by atoms with Gasteiger partial charge in [0.1, 0.15) is 5.69 Å². The zero-order valence-electron chi connectivity index (χ0n) is 14.1. The maximum atomic E-state index is 13.1. The fourth-order valence-electron chi connectivity index (χ4n) is 3.42. The molecule has 1 aromatic heterocycles. The van der Waals surface area contributed by atoms with Gasteiger partial charge in [-0.1, -0.05) is 25.1 Å². The van der Waals surface area contributed by atoms with E-state index in [9.17, 15) is 4.79 Å². The maximum absolute atomic E-state index is 13.1. The smallest absolute Gasteiger partial charge is 0.272 e. The van der Waals surface area contributed by atoms with Gasteiger partial charge in [-0.05, 0) is 49.4 Å². The molecule has 1 saturated carbocycles. The third-order valence-corrected chi connectivity index (χ3v) is 5.28. The molecule has 5 nitrogen and oxygen atoms in total. The summed E-state index contributed by atoms with van der Waals surface area (Å²) < 4.78 is 1.81. The average molecular weight is 324 g/mol. The summed E-state index contributed by atoms with van der Waals surface area (Å²) in [6, 6.07) is 11.9. The van der Waals surface area contributed by atoms with Crippen LogP contribution >= 0.6 is 0 Å². The van der Waals surface area contributed by atoms with E-state index >= 15 is 0 Å². The molecule has 0 radical (unpaired) electrons. The molecule has 1 aliphatic carbocycles. The van der Waals surface area contributed by atoms with Gasteiger partial charge in [0.25, 0.3) is 5.91 Å². The first kappa shape index (κ1) is 15.4. The molecule has 1 saturated heterocycles. The van der Waals surface area contributed by atoms with E-state index in [0.29, 0.717) is 18.2 Å². The zero-order valence-corrected chi connectivity index (χ0v) is 14.1. The van der Waals surface area contributed by atoms with Crippen LogP contribution < -0.4 is 5.73 Å². The minimum Gasteiger partial charge on any atom is -0.337 e. The molecule has 1 unspecified atom stereocenters. The molecule has 0 bridgehead atoms. The van der Waals surface area contributed by atoms with Crippen molar-refractivity contribution in [2.45, 2.75) is 32.1 Å². The molecule has 4 rings (SSSR count). The van der Waals surface area contributed by atoms with E-state index in [-0.39, 0.29) is 11.3 Å². The molecule has 1 atom stereocenters. The Morgan fingerprint density at radius 3 is 2.71 bits per heavy atom. The highest BCUT2D eigenvalue weighted by atomic mass is 16.2. The fourth-order valence-corrected chi connectivity index (χ4v) is 3.42. The summed E-state index contributed by atoms with van der Waals surface area (Å²) in [4.78, 5) is 15.1. The lowest BCUT2D eigenvalue weighted by atomic mass is 9.90. The molecule has 5 heteroatoms. The van der Waals surface area contributed by atoms with Crippen LogP contribution in [0.1, 0.15) is 48.3 Å². The van der Waals surface area contributed by atoms with E-state index in [2.05, 4.69) is 6.92 Å². The number of carbonyl (C=O) groups is 1. The molecule has 126 valence electrons. The molecule has 2 aromatic rings. The highest BCUT2D eigenvalue weighted by molar-refractivity contribution is 5.93. The van der Waals surface area contributed by atoms with Crippen LogP contribution in [0, 0.1) is 5.41 Å². The van der Waals surface area contributed by atoms with Crippen LogP contribution in [0.5, 0.6) is 0 Å². The van der Waals surface area contributed by atoms with Crippen LogP contribution in [0.2, 0.25) is 0 Å². The van der Waals surface area contributed by atoms with Crippen molar-refractivity contribution in [1.29, 1.82) is 0 Å². The molecule has 1 aliphatic heterocycles. The summed E-state index contributed by atoms with van der Waals surface area (Å²) in [6.07, 6.45) is 3.31.